The Hall–Kier alpha value is -3.38. The summed E-state index contributed by atoms with van der Waals surface area (Å²) in [7, 11) is -24.0. The van der Waals surface area contributed by atoms with Gasteiger partial charge in [0.25, 0.3) is 0 Å². The lowest BCUT2D eigenvalue weighted by molar-refractivity contribution is -0.0505. The summed E-state index contributed by atoms with van der Waals surface area (Å²) in [5, 5.41) is 42.0. The van der Waals surface area contributed by atoms with E-state index in [2.05, 4.69) is 51.9 Å². The van der Waals surface area contributed by atoms with Gasteiger partial charge in [0.2, 0.25) is 11.9 Å². The highest BCUT2D eigenvalue weighted by Crippen LogP contribution is 2.71. The van der Waals surface area contributed by atoms with Crippen molar-refractivity contribution in [2.24, 2.45) is 0 Å². The van der Waals surface area contributed by atoms with Crippen LogP contribution in [0.1, 0.15) is 12.5 Å². The number of aliphatic hydroxyl groups excluding tert-OH is 4. The van der Waals surface area contributed by atoms with Crippen LogP contribution >= 0.6 is 31.3 Å². The smallest absolute Gasteiger partial charge is 0.387 e. The number of aliphatic hydroxyl groups is 4. The number of fused-ring (bicyclic) bond motifs is 2. The van der Waals surface area contributed by atoms with E-state index >= 15 is 0 Å². The minimum atomic E-state index is -6.22. The standard InChI is InChI=1S/C20H30N12O19P4/c21-13-7-15(29-19(23)27-13)31(3-25-7)17-11(35)9(33)5(47-17)1-45-52(37,38)49-54(41,42)51-55(43,44)50-53(39,40)46-2-6-10(34)12(36)18(48-6)32-4-26-8-14(22)28-20(24)30-16(8)32/h3-6,9-12,17-18,33-36H,1-2H2,(H,37,38)(H,39,40)(H,41,42)(H,43,44)(H4,21,23,27,29)(H4,22,24,28,30)/t5-,6-,9-,10-,11-,12-,17-,18-/m1/s1. The first-order chi connectivity index (χ1) is 25.5. The molecule has 0 bridgehead atoms. The highest BCUT2D eigenvalue weighted by Gasteiger charge is 2.50. The second-order valence-electron chi connectivity index (χ2n) is 11.4. The van der Waals surface area contributed by atoms with Crippen molar-refractivity contribution in [3.8, 4) is 0 Å². The van der Waals surface area contributed by atoms with Crippen LogP contribution < -0.4 is 22.9 Å². The summed E-state index contributed by atoms with van der Waals surface area (Å²) in [5.74, 6) is -0.799. The van der Waals surface area contributed by atoms with E-state index in [1.807, 2.05) is 0 Å². The number of anilines is 4. The first-order valence-corrected chi connectivity index (χ1v) is 20.7. The molecule has 0 radical (unpaired) electrons. The van der Waals surface area contributed by atoms with Crippen LogP contribution in [0.3, 0.4) is 0 Å². The van der Waals surface area contributed by atoms with Gasteiger partial charge in [0.05, 0.1) is 25.9 Å². The molecule has 2 saturated heterocycles. The van der Waals surface area contributed by atoms with E-state index in [1.54, 1.807) is 0 Å². The number of hydrogen-bond acceptors (Lipinski definition) is 25. The Labute approximate surface area is 303 Å². The molecule has 4 unspecified atom stereocenters. The molecule has 2 aliphatic heterocycles. The number of imidazole rings is 2. The molecule has 6 rings (SSSR count). The highest BCUT2D eigenvalue weighted by atomic mass is 31.3. The largest absolute Gasteiger partial charge is 0.490 e. The number of aromatic nitrogens is 8. The molecule has 16 N–H and O–H groups in total. The lowest BCUT2D eigenvalue weighted by atomic mass is 10.1. The maximum absolute atomic E-state index is 12.4. The monoisotopic (exact) mass is 866 g/mol. The topological polar surface area (TPSA) is 486 Å². The molecule has 6 heterocycles. The summed E-state index contributed by atoms with van der Waals surface area (Å²) in [5.41, 5.74) is 22.7. The van der Waals surface area contributed by atoms with E-state index in [9.17, 15) is 58.3 Å². The number of hydrogen-bond donors (Lipinski definition) is 12. The molecule has 0 spiro atoms. The quantitative estimate of drug-likeness (QED) is 0.0553. The maximum Gasteiger partial charge on any atom is 0.490 e. The Morgan fingerprint density at radius 1 is 0.582 bits per heavy atom. The number of phosphoric ester groups is 2. The summed E-state index contributed by atoms with van der Waals surface area (Å²) < 4.78 is 83.4. The van der Waals surface area contributed by atoms with Crippen LogP contribution in [0.15, 0.2) is 12.7 Å². The van der Waals surface area contributed by atoms with Gasteiger partial charge in [-0.1, -0.05) is 0 Å². The van der Waals surface area contributed by atoms with Crippen molar-refractivity contribution in [3.63, 3.8) is 0 Å². The van der Waals surface area contributed by atoms with Gasteiger partial charge in [-0.3, -0.25) is 18.2 Å². The van der Waals surface area contributed by atoms with E-state index < -0.39 is 93.6 Å². The van der Waals surface area contributed by atoms with Gasteiger partial charge in [0, 0.05) is 0 Å². The van der Waals surface area contributed by atoms with Gasteiger partial charge < -0.3 is 72.4 Å². The lowest BCUT2D eigenvalue weighted by Crippen LogP contribution is -2.33. The third-order valence-electron chi connectivity index (χ3n) is 7.58. The average Bonchev–Trinajstić information content (AvgIpc) is 3.79. The van der Waals surface area contributed by atoms with Gasteiger partial charge >= 0.3 is 31.3 Å². The zero-order valence-electron chi connectivity index (χ0n) is 26.9. The van der Waals surface area contributed by atoms with E-state index in [0.717, 1.165) is 21.8 Å². The molecule has 31 nitrogen and oxygen atoms in total. The fraction of sp³-hybridized carbons (Fsp3) is 0.500. The fourth-order valence-corrected chi connectivity index (χ4v) is 10.2. The Balaban J connectivity index is 1.02. The second kappa shape index (κ2) is 14.8. The molecule has 0 aliphatic carbocycles. The molecular formula is C20H30N12O19P4. The van der Waals surface area contributed by atoms with Gasteiger partial charge in [-0.05, 0) is 0 Å². The summed E-state index contributed by atoms with van der Waals surface area (Å²) in [6, 6.07) is 0. The van der Waals surface area contributed by atoms with Crippen LogP contribution in [0, 0.1) is 0 Å². The normalized spacial score (nSPS) is 30.3. The predicted octanol–water partition coefficient (Wildman–Crippen LogP) is -3.28. The highest BCUT2D eigenvalue weighted by molar-refractivity contribution is 7.69. The zero-order chi connectivity index (χ0) is 40.4. The van der Waals surface area contributed by atoms with E-state index in [1.165, 1.54) is 0 Å². The zero-order valence-corrected chi connectivity index (χ0v) is 30.5. The minimum absolute atomic E-state index is 0.0318. The molecule has 0 amide bonds. The average molecular weight is 866 g/mol. The van der Waals surface area contributed by atoms with Crippen molar-refractivity contribution < 1.29 is 89.7 Å². The van der Waals surface area contributed by atoms with Crippen LogP contribution in [0.25, 0.3) is 22.3 Å². The van der Waals surface area contributed by atoms with E-state index in [0.29, 0.717) is 0 Å². The van der Waals surface area contributed by atoms with Crippen LogP contribution in [0.5, 0.6) is 0 Å². The molecule has 304 valence electrons. The number of nitrogens with zero attached hydrogens (tertiary/aromatic N) is 8. The van der Waals surface area contributed by atoms with Gasteiger partial charge in [-0.15, -0.1) is 0 Å². The molecule has 55 heavy (non-hydrogen) atoms. The summed E-state index contributed by atoms with van der Waals surface area (Å²) in [4.78, 5) is 63.0. The summed E-state index contributed by atoms with van der Waals surface area (Å²) in [6.07, 6.45) is -11.2. The third kappa shape index (κ3) is 8.80. The Bertz CT molecular complexity index is 2140. The van der Waals surface area contributed by atoms with Gasteiger partial charge in [0.15, 0.2) is 35.4 Å². The molecule has 4 aromatic heterocycles. The van der Waals surface area contributed by atoms with Crippen LogP contribution in [0.4, 0.5) is 23.5 Å². The van der Waals surface area contributed by atoms with Crippen LogP contribution in [0.2, 0.25) is 0 Å². The fourth-order valence-electron chi connectivity index (χ4n) is 5.28. The number of nitrogens with two attached hydrogens (primary N) is 4. The van der Waals surface area contributed by atoms with Crippen molar-refractivity contribution in [1.29, 1.82) is 0 Å². The minimum Gasteiger partial charge on any atom is -0.387 e. The van der Waals surface area contributed by atoms with Gasteiger partial charge in [0.1, 0.15) is 47.7 Å². The van der Waals surface area contributed by atoms with Crippen molar-refractivity contribution in [2.75, 3.05) is 36.1 Å². The molecule has 0 saturated carbocycles. The molecule has 35 heteroatoms. The van der Waals surface area contributed by atoms with Crippen LogP contribution in [-0.2, 0) is 49.7 Å². The van der Waals surface area contributed by atoms with Crippen LogP contribution in [-0.4, -0.2) is 129 Å². The number of ether oxygens (including phenoxy) is 2. The van der Waals surface area contributed by atoms with E-state index in [-0.39, 0.29) is 45.9 Å². The summed E-state index contributed by atoms with van der Waals surface area (Å²) in [6.45, 7) is -2.28. The molecule has 2 fully saturated rings. The Morgan fingerprint density at radius 3 is 1.29 bits per heavy atom. The Kier molecular flexibility index (Phi) is 11.1. The number of nitrogen functional groups attached to an aromatic ring is 4. The van der Waals surface area contributed by atoms with E-state index in [4.69, 9.17) is 32.4 Å². The van der Waals surface area contributed by atoms with Gasteiger partial charge in [-0.25, -0.2) is 28.2 Å². The maximum atomic E-state index is 12.4. The molecule has 0 aromatic carbocycles. The summed E-state index contributed by atoms with van der Waals surface area (Å²) >= 11 is 0. The van der Waals surface area contributed by atoms with Crippen molar-refractivity contribution in [3.05, 3.63) is 12.7 Å². The Morgan fingerprint density at radius 2 is 0.927 bits per heavy atom. The SMILES string of the molecule is Nc1nc(N)c2ncn([C@@H]3O[C@H](COP(=O)(O)OP(=O)(O)OP(=O)(O)OP(=O)(O)OC[C@H]4O[C@@H](n5cnc6c(N)nc(N)nc65)[C@H](O)[C@@H]4O)[C@@H](O)[C@H]3O)c2n1. The van der Waals surface area contributed by atoms with Crippen molar-refractivity contribution in [2.45, 2.75) is 49.1 Å². The third-order valence-corrected chi connectivity index (χ3v) is 13.5. The molecule has 4 aromatic rings. The van der Waals surface area contributed by atoms with Crippen molar-refractivity contribution in [1.82, 2.24) is 39.0 Å². The molecule has 2 aliphatic rings. The first-order valence-electron chi connectivity index (χ1n) is 14.7. The molecule has 12 atom stereocenters. The van der Waals surface area contributed by atoms with Gasteiger partial charge in [-0.2, -0.15) is 32.9 Å². The number of phosphoric acid groups is 4. The first kappa shape index (κ1) is 41.3. The van der Waals surface area contributed by atoms with Crippen molar-refractivity contribution >= 4 is 77.2 Å². The second-order valence-corrected chi connectivity index (χ2v) is 17.6. The number of rotatable bonds is 14. The molecular weight excluding hydrogens is 836 g/mol. The lowest BCUT2D eigenvalue weighted by Gasteiger charge is -2.21. The predicted molar refractivity (Wildman–Crippen MR) is 175 cm³/mol.